The molecule has 10 heteroatoms. The average Bonchev–Trinajstić information content (AvgIpc) is 3.61. The second kappa shape index (κ2) is 10.1. The fraction of sp³-hybridized carbons (Fsp3) is 0.371. The summed E-state index contributed by atoms with van der Waals surface area (Å²) in [6.45, 7) is 8.17. The lowest BCUT2D eigenvalue weighted by Crippen LogP contribution is -2.48. The molecule has 232 valence electrons. The van der Waals surface area contributed by atoms with Gasteiger partial charge >= 0.3 is 12.2 Å². The summed E-state index contributed by atoms with van der Waals surface area (Å²) in [4.78, 5) is 30.3. The molecule has 5 heterocycles. The molecule has 1 atom stereocenters. The van der Waals surface area contributed by atoms with Crippen molar-refractivity contribution in [3.8, 4) is 5.88 Å². The number of piperidine rings is 1. The van der Waals surface area contributed by atoms with Crippen LogP contribution < -0.4 is 5.32 Å². The Hall–Kier alpha value is -4.86. The summed E-state index contributed by atoms with van der Waals surface area (Å²) in [7, 11) is 0. The molecule has 0 saturated carbocycles. The van der Waals surface area contributed by atoms with E-state index in [2.05, 4.69) is 55.8 Å². The first-order chi connectivity index (χ1) is 21.7. The fourth-order valence-corrected chi connectivity index (χ4v) is 7.51. The Morgan fingerprint density at radius 1 is 0.889 bits per heavy atom. The van der Waals surface area contributed by atoms with Crippen molar-refractivity contribution in [2.45, 2.75) is 58.3 Å². The van der Waals surface area contributed by atoms with Crippen molar-refractivity contribution >= 4 is 66.6 Å². The molecule has 0 bridgehead atoms. The summed E-state index contributed by atoms with van der Waals surface area (Å²) >= 11 is 0. The Balaban J connectivity index is 1.10. The summed E-state index contributed by atoms with van der Waals surface area (Å²) < 4.78 is 16.1. The molecule has 0 aliphatic carbocycles. The number of alkyl carbamates (subject to hydrolysis) is 1. The predicted octanol–water partition coefficient (Wildman–Crippen LogP) is 6.84. The molecule has 45 heavy (non-hydrogen) atoms. The Labute approximate surface area is 259 Å². The van der Waals surface area contributed by atoms with Crippen molar-refractivity contribution in [1.29, 1.82) is 0 Å². The molecule has 1 unspecified atom stereocenters. The SMILES string of the molecule is CC(C)(C)OC(=O)NC1CCN(C(=O)OCC2Cn3c4ccccc4c4c5c[nH]c(O)c5c5c6ccccc6n(c5c43)C2)CC1. The molecule has 0 radical (unpaired) electrons. The molecule has 1 saturated heterocycles. The number of H-pyrrole nitrogens is 1. The highest BCUT2D eigenvalue weighted by molar-refractivity contribution is 6.36. The zero-order chi connectivity index (χ0) is 31.0. The van der Waals surface area contributed by atoms with Crippen molar-refractivity contribution in [3.63, 3.8) is 0 Å². The number of hydrogen-bond donors (Lipinski definition) is 3. The van der Waals surface area contributed by atoms with Crippen LogP contribution in [0.3, 0.4) is 0 Å². The van der Waals surface area contributed by atoms with Crippen molar-refractivity contribution in [2.24, 2.45) is 5.92 Å². The van der Waals surface area contributed by atoms with Crippen molar-refractivity contribution in [1.82, 2.24) is 24.3 Å². The van der Waals surface area contributed by atoms with Gasteiger partial charge in [-0.25, -0.2) is 9.59 Å². The number of hydrogen-bond acceptors (Lipinski definition) is 5. The topological polar surface area (TPSA) is 114 Å². The Morgan fingerprint density at radius 3 is 2.13 bits per heavy atom. The smallest absolute Gasteiger partial charge is 0.409 e. The Morgan fingerprint density at radius 2 is 1.49 bits per heavy atom. The number of aromatic amines is 1. The molecule has 10 nitrogen and oxygen atoms in total. The first kappa shape index (κ1) is 27.7. The van der Waals surface area contributed by atoms with E-state index in [1.54, 1.807) is 4.90 Å². The second-order valence-electron chi connectivity index (χ2n) is 13.5. The Bertz CT molecular complexity index is 2140. The minimum Gasteiger partial charge on any atom is -0.494 e. The van der Waals surface area contributed by atoms with E-state index in [1.807, 2.05) is 39.1 Å². The number of nitrogens with zero attached hydrogens (tertiary/aromatic N) is 3. The standard InChI is InChI=1S/C35H37N5O5/c1-35(2,3)45-33(42)37-21-12-14-38(15-13-21)34(43)44-19-20-17-39-25-10-6-4-8-22(25)27-24-16-36-32(41)29(24)28-23-9-5-7-11-26(23)40(18-20)31(28)30(27)39/h4-11,16,20-21,36,41H,12-15,17-19H2,1-3H3,(H,37,42). The zero-order valence-corrected chi connectivity index (χ0v) is 25.7. The molecular weight excluding hydrogens is 570 g/mol. The van der Waals surface area contributed by atoms with Crippen LogP contribution in [-0.4, -0.2) is 67.7 Å². The van der Waals surface area contributed by atoms with E-state index in [9.17, 15) is 14.7 Å². The summed E-state index contributed by atoms with van der Waals surface area (Å²) in [6.07, 6.45) is 2.46. The van der Waals surface area contributed by atoms with Crippen LogP contribution in [0.1, 0.15) is 33.6 Å². The minimum atomic E-state index is -0.554. The number of rotatable bonds is 3. The number of likely N-dealkylation sites (tertiary alicyclic amines) is 1. The maximum atomic E-state index is 13.3. The zero-order valence-electron chi connectivity index (χ0n) is 25.7. The number of carbonyl (C=O) groups is 2. The lowest BCUT2D eigenvalue weighted by Gasteiger charge is -2.32. The van der Waals surface area contributed by atoms with Crippen LogP contribution in [0.4, 0.5) is 9.59 Å². The van der Waals surface area contributed by atoms with Gasteiger partial charge in [0.05, 0.1) is 23.0 Å². The van der Waals surface area contributed by atoms with E-state index in [-0.39, 0.29) is 30.5 Å². The number of para-hydroxylation sites is 2. The van der Waals surface area contributed by atoms with Gasteiger partial charge in [-0.1, -0.05) is 36.4 Å². The number of amides is 2. The third-order valence-electron chi connectivity index (χ3n) is 9.34. The van der Waals surface area contributed by atoms with E-state index in [0.29, 0.717) is 39.0 Å². The van der Waals surface area contributed by atoms with E-state index >= 15 is 0 Å². The highest BCUT2D eigenvalue weighted by atomic mass is 16.6. The summed E-state index contributed by atoms with van der Waals surface area (Å²) in [5, 5.41) is 20.2. The van der Waals surface area contributed by atoms with Gasteiger partial charge in [-0.15, -0.1) is 0 Å². The van der Waals surface area contributed by atoms with Gasteiger partial charge in [-0.05, 0) is 45.7 Å². The van der Waals surface area contributed by atoms with Gasteiger partial charge in [0.25, 0.3) is 0 Å². The second-order valence-corrected chi connectivity index (χ2v) is 13.5. The number of fused-ring (bicyclic) bond motifs is 9. The first-order valence-electron chi connectivity index (χ1n) is 15.7. The van der Waals surface area contributed by atoms with Crippen LogP contribution in [0.5, 0.6) is 5.88 Å². The monoisotopic (exact) mass is 607 g/mol. The summed E-state index contributed by atoms with van der Waals surface area (Å²) in [5.74, 6) is 0.187. The Kier molecular flexibility index (Phi) is 6.20. The fourth-order valence-electron chi connectivity index (χ4n) is 7.51. The van der Waals surface area contributed by atoms with Crippen LogP contribution in [0.15, 0.2) is 54.7 Å². The van der Waals surface area contributed by atoms with Crippen LogP contribution in [0, 0.1) is 5.92 Å². The number of nitrogens with one attached hydrogen (secondary N) is 2. The molecule has 0 spiro atoms. The maximum absolute atomic E-state index is 13.3. The molecule has 3 aromatic heterocycles. The minimum absolute atomic E-state index is 0.0141. The molecule has 6 aromatic rings. The highest BCUT2D eigenvalue weighted by Gasteiger charge is 2.31. The molecule has 3 aromatic carbocycles. The van der Waals surface area contributed by atoms with Gasteiger partial charge in [-0.2, -0.15) is 0 Å². The molecule has 8 rings (SSSR count). The largest absolute Gasteiger partial charge is 0.494 e. The third kappa shape index (κ3) is 4.45. The van der Waals surface area contributed by atoms with E-state index in [1.165, 1.54) is 0 Å². The summed E-state index contributed by atoms with van der Waals surface area (Å²) in [5.41, 5.74) is 3.90. The maximum Gasteiger partial charge on any atom is 0.409 e. The van der Waals surface area contributed by atoms with E-state index in [0.717, 1.165) is 54.4 Å². The number of ether oxygens (including phenoxy) is 2. The lowest BCUT2D eigenvalue weighted by atomic mass is 10.0. The number of aromatic nitrogens is 3. The van der Waals surface area contributed by atoms with Crippen LogP contribution in [0.2, 0.25) is 0 Å². The van der Waals surface area contributed by atoms with E-state index < -0.39 is 11.7 Å². The van der Waals surface area contributed by atoms with Gasteiger partial charge < -0.3 is 38.9 Å². The van der Waals surface area contributed by atoms with Crippen molar-refractivity contribution in [2.75, 3.05) is 19.7 Å². The van der Waals surface area contributed by atoms with Gasteiger partial charge in [0.2, 0.25) is 0 Å². The molecule has 2 aliphatic rings. The van der Waals surface area contributed by atoms with Gasteiger partial charge in [0.1, 0.15) is 5.60 Å². The summed E-state index contributed by atoms with van der Waals surface area (Å²) in [6, 6.07) is 16.7. The van der Waals surface area contributed by atoms with Gasteiger partial charge in [-0.3, -0.25) is 0 Å². The van der Waals surface area contributed by atoms with Gasteiger partial charge in [0.15, 0.2) is 5.88 Å². The van der Waals surface area contributed by atoms with Gasteiger partial charge in [0, 0.05) is 82.3 Å². The van der Waals surface area contributed by atoms with Crippen LogP contribution in [-0.2, 0) is 22.6 Å². The number of carbonyl (C=O) groups excluding carboxylic acids is 2. The molecule has 2 aliphatic heterocycles. The molecule has 1 fully saturated rings. The molecular formula is C35H37N5O5. The quantitative estimate of drug-likeness (QED) is 0.204. The normalized spacial score (nSPS) is 17.6. The van der Waals surface area contributed by atoms with Crippen LogP contribution >= 0.6 is 0 Å². The van der Waals surface area contributed by atoms with Crippen molar-refractivity contribution in [3.05, 3.63) is 54.7 Å². The van der Waals surface area contributed by atoms with Crippen LogP contribution in [0.25, 0.3) is 54.4 Å². The molecule has 2 amide bonds. The number of benzene rings is 3. The molecule has 3 N–H and O–H groups in total. The van der Waals surface area contributed by atoms with Crippen molar-refractivity contribution < 1.29 is 24.2 Å². The number of aromatic hydroxyl groups is 1. The van der Waals surface area contributed by atoms with E-state index in [4.69, 9.17) is 9.47 Å². The lowest BCUT2D eigenvalue weighted by molar-refractivity contribution is 0.0465. The predicted molar refractivity (Wildman–Crippen MR) is 175 cm³/mol. The average molecular weight is 608 g/mol. The first-order valence-corrected chi connectivity index (χ1v) is 15.7. The highest BCUT2D eigenvalue weighted by Crippen LogP contribution is 2.48. The third-order valence-corrected chi connectivity index (χ3v) is 9.34.